The maximum Gasteiger partial charge on any atom is 0.160 e. The maximum atomic E-state index is 13.7. The second-order valence-electron chi connectivity index (χ2n) is 6.18. The van der Waals surface area contributed by atoms with Gasteiger partial charge in [0.1, 0.15) is 5.75 Å². The van der Waals surface area contributed by atoms with Crippen molar-refractivity contribution in [2.75, 3.05) is 14.2 Å². The number of halogens is 2. The third-order valence-corrected chi connectivity index (χ3v) is 4.99. The first kappa shape index (κ1) is 15.1. The molecule has 2 aromatic carbocycles. The van der Waals surface area contributed by atoms with Crippen LogP contribution in [0.3, 0.4) is 0 Å². The first-order valence-corrected chi connectivity index (χ1v) is 7.93. The van der Waals surface area contributed by atoms with E-state index in [9.17, 15) is 8.78 Å². The van der Waals surface area contributed by atoms with Gasteiger partial charge in [-0.05, 0) is 48.4 Å². The minimum absolute atomic E-state index is 0.127. The molecule has 0 fully saturated rings. The first-order chi connectivity index (χ1) is 11.6. The predicted molar refractivity (Wildman–Crippen MR) is 89.5 cm³/mol. The fourth-order valence-corrected chi connectivity index (χ4v) is 3.78. The lowest BCUT2D eigenvalue weighted by atomic mass is 9.92. The molecule has 0 bridgehead atoms. The van der Waals surface area contributed by atoms with Gasteiger partial charge in [-0.15, -0.1) is 0 Å². The zero-order valence-electron chi connectivity index (χ0n) is 13.5. The number of methoxy groups -OCH3 is 1. The van der Waals surface area contributed by atoms with Crippen LogP contribution in [0.5, 0.6) is 5.75 Å². The fourth-order valence-electron chi connectivity index (χ4n) is 3.78. The number of ether oxygens (including phenoxy) is 1. The Morgan fingerprint density at radius 3 is 2.62 bits per heavy atom. The van der Waals surface area contributed by atoms with Crippen molar-refractivity contribution in [2.45, 2.75) is 18.4 Å². The van der Waals surface area contributed by atoms with E-state index in [-0.39, 0.29) is 12.0 Å². The molecule has 24 heavy (non-hydrogen) atoms. The summed E-state index contributed by atoms with van der Waals surface area (Å²) >= 11 is 0. The Bertz CT molecular complexity index is 919. The van der Waals surface area contributed by atoms with Crippen molar-refractivity contribution in [3.05, 3.63) is 64.9 Å². The fraction of sp³-hybridized carbons (Fsp3) is 0.263. The van der Waals surface area contributed by atoms with Gasteiger partial charge in [-0.2, -0.15) is 0 Å². The van der Waals surface area contributed by atoms with Crippen LogP contribution in [0, 0.1) is 11.6 Å². The third kappa shape index (κ3) is 2.19. The number of fused-ring (bicyclic) bond motifs is 2. The van der Waals surface area contributed by atoms with Crippen molar-refractivity contribution in [2.24, 2.45) is 0 Å². The number of aromatic amines is 1. The van der Waals surface area contributed by atoms with Gasteiger partial charge in [0, 0.05) is 35.1 Å². The lowest BCUT2D eigenvalue weighted by Crippen LogP contribution is -2.13. The Morgan fingerprint density at radius 1 is 1.08 bits per heavy atom. The lowest BCUT2D eigenvalue weighted by molar-refractivity contribution is 0.413. The molecule has 2 atom stereocenters. The molecule has 0 radical (unpaired) electrons. The summed E-state index contributed by atoms with van der Waals surface area (Å²) in [7, 11) is 3.58. The van der Waals surface area contributed by atoms with Crippen LogP contribution in [-0.2, 0) is 0 Å². The van der Waals surface area contributed by atoms with E-state index in [0.29, 0.717) is 5.52 Å². The first-order valence-electron chi connectivity index (χ1n) is 7.93. The zero-order chi connectivity index (χ0) is 16.8. The van der Waals surface area contributed by atoms with Crippen molar-refractivity contribution in [1.29, 1.82) is 0 Å². The molecular formula is C19H18F2N2O. The number of rotatable bonds is 3. The lowest BCUT2D eigenvalue weighted by Gasteiger charge is -2.11. The van der Waals surface area contributed by atoms with Crippen molar-refractivity contribution in [3.63, 3.8) is 0 Å². The molecular weight excluding hydrogens is 310 g/mol. The Labute approximate surface area is 138 Å². The van der Waals surface area contributed by atoms with Crippen LogP contribution in [-0.4, -0.2) is 19.1 Å². The molecule has 124 valence electrons. The highest BCUT2D eigenvalue weighted by Crippen LogP contribution is 2.46. The minimum Gasteiger partial charge on any atom is -0.497 e. The number of aromatic nitrogens is 1. The Hall–Kier alpha value is -2.40. The molecule has 4 rings (SSSR count). The van der Waals surface area contributed by atoms with Crippen LogP contribution in [0.4, 0.5) is 8.78 Å². The second kappa shape index (κ2) is 5.60. The summed E-state index contributed by atoms with van der Waals surface area (Å²) in [6, 6.07) is 8.76. The normalized spacial score (nSPS) is 19.7. The van der Waals surface area contributed by atoms with E-state index in [4.69, 9.17) is 4.74 Å². The molecule has 0 saturated heterocycles. The van der Waals surface area contributed by atoms with E-state index in [1.54, 1.807) is 7.11 Å². The average Bonchev–Trinajstić information content (AvgIpc) is 3.15. The summed E-state index contributed by atoms with van der Waals surface area (Å²) in [6.45, 7) is 0. The van der Waals surface area contributed by atoms with Crippen LogP contribution in [0.15, 0.2) is 36.5 Å². The Balaban J connectivity index is 1.86. The quantitative estimate of drug-likeness (QED) is 0.754. The monoisotopic (exact) mass is 328 g/mol. The van der Waals surface area contributed by atoms with Gasteiger partial charge in [-0.1, -0.05) is 6.07 Å². The highest BCUT2D eigenvalue weighted by molar-refractivity contribution is 5.84. The highest BCUT2D eigenvalue weighted by atomic mass is 19.2. The third-order valence-electron chi connectivity index (χ3n) is 4.99. The molecule has 0 amide bonds. The molecule has 1 heterocycles. The summed E-state index contributed by atoms with van der Waals surface area (Å²) in [6.07, 6.45) is 2.73. The summed E-state index contributed by atoms with van der Waals surface area (Å²) in [4.78, 5) is 3.07. The predicted octanol–water partition coefficient (Wildman–Crippen LogP) is 4.25. The van der Waals surface area contributed by atoms with Crippen LogP contribution in [0.1, 0.15) is 35.1 Å². The standard InChI is InChI=1S/C19H18F2N2O/c1-22-18-7-12(11-4-3-10(24-2)5-13(11)18)15-9-23-19-8-17(21)16(20)6-14(15)19/h3-6,8-9,12,18,22-23H,7H2,1-2H3/t12-,18+/m0/s1. The van der Waals surface area contributed by atoms with Crippen molar-refractivity contribution in [1.82, 2.24) is 10.3 Å². The molecule has 1 aromatic heterocycles. The van der Waals surface area contributed by atoms with E-state index in [0.717, 1.165) is 23.1 Å². The minimum atomic E-state index is -0.833. The largest absolute Gasteiger partial charge is 0.497 e. The molecule has 3 nitrogen and oxygen atoms in total. The van der Waals surface area contributed by atoms with Crippen molar-refractivity contribution in [3.8, 4) is 5.75 Å². The Kier molecular flexibility index (Phi) is 3.53. The van der Waals surface area contributed by atoms with Crippen LogP contribution < -0.4 is 10.1 Å². The summed E-state index contributed by atoms with van der Waals surface area (Å²) < 4.78 is 32.5. The summed E-state index contributed by atoms with van der Waals surface area (Å²) in [5, 5.41) is 4.07. The van der Waals surface area contributed by atoms with Crippen LogP contribution in [0.2, 0.25) is 0 Å². The van der Waals surface area contributed by atoms with Gasteiger partial charge in [0.05, 0.1) is 7.11 Å². The van der Waals surface area contributed by atoms with Crippen molar-refractivity contribution >= 4 is 10.9 Å². The van der Waals surface area contributed by atoms with Gasteiger partial charge in [-0.25, -0.2) is 8.78 Å². The van der Waals surface area contributed by atoms with Crippen LogP contribution >= 0.6 is 0 Å². The molecule has 0 spiro atoms. The number of benzene rings is 2. The van der Waals surface area contributed by atoms with Gasteiger partial charge in [0.15, 0.2) is 11.6 Å². The Morgan fingerprint density at radius 2 is 1.88 bits per heavy atom. The highest BCUT2D eigenvalue weighted by Gasteiger charge is 2.33. The number of hydrogen-bond donors (Lipinski definition) is 2. The summed E-state index contributed by atoms with van der Waals surface area (Å²) in [5.41, 5.74) is 4.00. The second-order valence-corrected chi connectivity index (χ2v) is 6.18. The van der Waals surface area contributed by atoms with Gasteiger partial charge in [-0.3, -0.25) is 0 Å². The van der Waals surface area contributed by atoms with E-state index in [1.165, 1.54) is 23.3 Å². The molecule has 0 unspecified atom stereocenters. The molecule has 3 aromatic rings. The van der Waals surface area contributed by atoms with Gasteiger partial charge in [0.2, 0.25) is 0 Å². The topological polar surface area (TPSA) is 37.0 Å². The van der Waals surface area contributed by atoms with Gasteiger partial charge in [0.25, 0.3) is 0 Å². The number of nitrogens with one attached hydrogen (secondary N) is 2. The van der Waals surface area contributed by atoms with Gasteiger partial charge < -0.3 is 15.0 Å². The van der Waals surface area contributed by atoms with E-state index in [2.05, 4.69) is 16.4 Å². The molecule has 1 aliphatic carbocycles. The SMILES string of the molecule is CN[C@@H]1C[C@H](c2c[nH]c3cc(F)c(F)cc23)c2ccc(OC)cc21. The van der Waals surface area contributed by atoms with Gasteiger partial charge >= 0.3 is 0 Å². The molecule has 0 saturated carbocycles. The summed E-state index contributed by atoms with van der Waals surface area (Å²) in [5.74, 6) is -0.703. The molecule has 1 aliphatic rings. The zero-order valence-corrected chi connectivity index (χ0v) is 13.5. The van der Waals surface area contributed by atoms with Crippen LogP contribution in [0.25, 0.3) is 10.9 Å². The maximum absolute atomic E-state index is 13.7. The molecule has 2 N–H and O–H groups in total. The van der Waals surface area contributed by atoms with E-state index < -0.39 is 11.6 Å². The molecule has 5 heteroatoms. The molecule has 0 aliphatic heterocycles. The van der Waals surface area contributed by atoms with Crippen molar-refractivity contribution < 1.29 is 13.5 Å². The smallest absolute Gasteiger partial charge is 0.160 e. The number of hydrogen-bond acceptors (Lipinski definition) is 2. The average molecular weight is 328 g/mol. The number of H-pyrrole nitrogens is 1. The van der Waals surface area contributed by atoms with E-state index in [1.807, 2.05) is 25.4 Å². The van der Waals surface area contributed by atoms with E-state index >= 15 is 0 Å².